The van der Waals surface area contributed by atoms with Crippen LogP contribution in [0, 0.1) is 12.8 Å². The highest BCUT2D eigenvalue weighted by atomic mass is 35.5. The minimum Gasteiger partial charge on any atom is -0.360 e. The molecule has 0 saturated heterocycles. The maximum atomic E-state index is 12.9. The van der Waals surface area contributed by atoms with E-state index in [4.69, 9.17) is 27.7 Å². The molecule has 3 rings (SSSR count). The number of rotatable bonds is 6. The van der Waals surface area contributed by atoms with E-state index >= 15 is 0 Å². The van der Waals surface area contributed by atoms with Crippen molar-refractivity contribution in [3.8, 4) is 0 Å². The topological polar surface area (TPSA) is 87.5 Å². The zero-order chi connectivity index (χ0) is 20.8. The molecule has 1 heterocycles. The Balaban J connectivity index is 1.69. The average molecular weight is 439 g/mol. The summed E-state index contributed by atoms with van der Waals surface area (Å²) in [5, 5.41) is 9.80. The van der Waals surface area contributed by atoms with Gasteiger partial charge in [-0.2, -0.15) is 0 Å². The number of hydrogen-bond acceptors (Lipinski definition) is 4. The van der Waals surface area contributed by atoms with Crippen LogP contribution in [0.1, 0.15) is 37.9 Å². The van der Waals surface area contributed by atoms with Gasteiger partial charge in [-0.15, -0.1) is 0 Å². The molecule has 1 aliphatic rings. The summed E-state index contributed by atoms with van der Waals surface area (Å²) in [5.74, 6) is 0.934. The third-order valence-corrected chi connectivity index (χ3v) is 5.73. The molecule has 9 heteroatoms. The van der Waals surface area contributed by atoms with Crippen LogP contribution in [0.3, 0.4) is 0 Å². The molecule has 3 amide bonds. The molecule has 0 atom stereocenters. The highest BCUT2D eigenvalue weighted by molar-refractivity contribution is 6.43. The van der Waals surface area contributed by atoms with Crippen molar-refractivity contribution in [1.82, 2.24) is 10.1 Å². The molecule has 0 spiro atoms. The predicted octanol–water partition coefficient (Wildman–Crippen LogP) is 5.34. The second-order valence-corrected chi connectivity index (χ2v) is 8.07. The van der Waals surface area contributed by atoms with Crippen LogP contribution in [0.25, 0.3) is 0 Å². The Labute approximate surface area is 179 Å². The van der Waals surface area contributed by atoms with Crippen molar-refractivity contribution in [3.05, 3.63) is 40.1 Å². The van der Waals surface area contributed by atoms with E-state index in [0.717, 1.165) is 25.7 Å². The predicted molar refractivity (Wildman–Crippen MR) is 113 cm³/mol. The summed E-state index contributed by atoms with van der Waals surface area (Å²) in [6.45, 7) is 2.13. The number of nitrogens with zero attached hydrogens (tertiary/aromatic N) is 2. The fourth-order valence-electron chi connectivity index (χ4n) is 3.48. The van der Waals surface area contributed by atoms with E-state index in [-0.39, 0.29) is 17.5 Å². The maximum absolute atomic E-state index is 12.9. The third-order valence-electron chi connectivity index (χ3n) is 4.91. The van der Waals surface area contributed by atoms with Gasteiger partial charge in [-0.25, -0.2) is 4.79 Å². The number of aryl methyl sites for hydroxylation is 1. The van der Waals surface area contributed by atoms with E-state index in [1.54, 1.807) is 31.2 Å². The molecule has 156 valence electrons. The SMILES string of the molecule is Cc1cc(NC(=O)CN(CC2CCCCC2)C(=O)Nc2cccc(Cl)c2Cl)no1. The van der Waals surface area contributed by atoms with Crippen LogP contribution in [-0.4, -0.2) is 35.1 Å². The Hall–Kier alpha value is -2.25. The zero-order valence-electron chi connectivity index (χ0n) is 16.2. The second-order valence-electron chi connectivity index (χ2n) is 7.29. The minimum absolute atomic E-state index is 0.105. The summed E-state index contributed by atoms with van der Waals surface area (Å²) in [6, 6.07) is 6.24. The van der Waals surface area contributed by atoms with Crippen molar-refractivity contribution in [2.75, 3.05) is 23.7 Å². The first-order valence-corrected chi connectivity index (χ1v) is 10.4. The lowest BCUT2D eigenvalue weighted by Gasteiger charge is -2.29. The first-order chi connectivity index (χ1) is 13.9. The molecule has 0 unspecified atom stereocenters. The molecule has 0 bridgehead atoms. The number of nitrogens with one attached hydrogen (secondary N) is 2. The molecule has 1 aliphatic carbocycles. The largest absolute Gasteiger partial charge is 0.360 e. The number of carbonyl (C=O) groups excluding carboxylic acids is 2. The van der Waals surface area contributed by atoms with Crippen LogP contribution in [0.4, 0.5) is 16.3 Å². The van der Waals surface area contributed by atoms with Gasteiger partial charge in [0.05, 0.1) is 15.7 Å². The smallest absolute Gasteiger partial charge is 0.322 e. The molecule has 0 aliphatic heterocycles. The van der Waals surface area contributed by atoms with Gasteiger partial charge >= 0.3 is 6.03 Å². The molecule has 2 aromatic rings. The van der Waals surface area contributed by atoms with E-state index in [9.17, 15) is 9.59 Å². The quantitative estimate of drug-likeness (QED) is 0.636. The number of urea groups is 1. The summed E-state index contributed by atoms with van der Waals surface area (Å²) >= 11 is 12.2. The standard InChI is InChI=1S/C20H24Cl2N4O3/c1-13-10-17(25-29-13)24-18(27)12-26(11-14-6-3-2-4-7-14)20(28)23-16-9-5-8-15(21)19(16)22/h5,8-10,14H,2-4,6-7,11-12H2,1H3,(H,23,28)(H,24,25,27). The van der Waals surface area contributed by atoms with Gasteiger partial charge in [0.2, 0.25) is 5.91 Å². The van der Waals surface area contributed by atoms with Gasteiger partial charge in [-0.3, -0.25) is 4.79 Å². The van der Waals surface area contributed by atoms with Gasteiger partial charge in [0.1, 0.15) is 12.3 Å². The first kappa shape index (κ1) is 21.5. The summed E-state index contributed by atoms with van der Waals surface area (Å²) in [5.41, 5.74) is 0.408. The lowest BCUT2D eigenvalue weighted by Crippen LogP contribution is -2.43. The molecule has 7 nitrogen and oxygen atoms in total. The zero-order valence-corrected chi connectivity index (χ0v) is 17.7. The monoisotopic (exact) mass is 438 g/mol. The highest BCUT2D eigenvalue weighted by Crippen LogP contribution is 2.30. The number of hydrogen-bond donors (Lipinski definition) is 2. The summed E-state index contributed by atoms with van der Waals surface area (Å²) in [4.78, 5) is 26.9. The Morgan fingerprint density at radius 3 is 2.66 bits per heavy atom. The van der Waals surface area contributed by atoms with E-state index in [1.807, 2.05) is 0 Å². The van der Waals surface area contributed by atoms with Crippen LogP contribution in [0.5, 0.6) is 0 Å². The van der Waals surface area contributed by atoms with Crippen molar-refractivity contribution in [2.24, 2.45) is 5.92 Å². The van der Waals surface area contributed by atoms with Crippen molar-refractivity contribution < 1.29 is 14.1 Å². The van der Waals surface area contributed by atoms with Crippen molar-refractivity contribution in [1.29, 1.82) is 0 Å². The average Bonchev–Trinajstić information content (AvgIpc) is 3.10. The Kier molecular flexibility index (Phi) is 7.39. The van der Waals surface area contributed by atoms with Crippen LogP contribution in [0.2, 0.25) is 10.0 Å². The van der Waals surface area contributed by atoms with Gasteiger partial charge in [-0.05, 0) is 37.8 Å². The number of halogens is 2. The number of benzene rings is 1. The lowest BCUT2D eigenvalue weighted by atomic mass is 9.89. The lowest BCUT2D eigenvalue weighted by molar-refractivity contribution is -0.116. The van der Waals surface area contributed by atoms with Gasteiger partial charge in [-0.1, -0.05) is 53.7 Å². The van der Waals surface area contributed by atoms with E-state index < -0.39 is 6.03 Å². The maximum Gasteiger partial charge on any atom is 0.322 e. The molecule has 29 heavy (non-hydrogen) atoms. The van der Waals surface area contributed by atoms with Crippen LogP contribution >= 0.6 is 23.2 Å². The van der Waals surface area contributed by atoms with Gasteiger partial charge < -0.3 is 20.1 Å². The molecule has 0 radical (unpaired) electrons. The third kappa shape index (κ3) is 6.11. The Morgan fingerprint density at radius 2 is 1.97 bits per heavy atom. The molecule has 1 saturated carbocycles. The van der Waals surface area contributed by atoms with Crippen molar-refractivity contribution in [2.45, 2.75) is 39.0 Å². The Bertz CT molecular complexity index is 865. The van der Waals surface area contributed by atoms with Crippen molar-refractivity contribution in [3.63, 3.8) is 0 Å². The molecular formula is C20H24Cl2N4O3. The van der Waals surface area contributed by atoms with Crippen LogP contribution in [-0.2, 0) is 4.79 Å². The molecule has 1 aromatic carbocycles. The second kappa shape index (κ2) is 9.98. The van der Waals surface area contributed by atoms with Crippen LogP contribution < -0.4 is 10.6 Å². The van der Waals surface area contributed by atoms with Crippen molar-refractivity contribution >= 4 is 46.6 Å². The summed E-state index contributed by atoms with van der Waals surface area (Å²) in [7, 11) is 0. The number of amides is 3. The number of carbonyl (C=O) groups is 2. The molecular weight excluding hydrogens is 415 g/mol. The van der Waals surface area contributed by atoms with Gasteiger partial charge in [0.25, 0.3) is 0 Å². The molecule has 1 fully saturated rings. The number of anilines is 2. The van der Waals surface area contributed by atoms with Crippen LogP contribution in [0.15, 0.2) is 28.8 Å². The van der Waals surface area contributed by atoms with E-state index in [1.165, 1.54) is 11.3 Å². The van der Waals surface area contributed by atoms with E-state index in [0.29, 0.717) is 34.8 Å². The Morgan fingerprint density at radius 1 is 1.21 bits per heavy atom. The number of aromatic nitrogens is 1. The molecule has 1 aromatic heterocycles. The molecule has 2 N–H and O–H groups in total. The highest BCUT2D eigenvalue weighted by Gasteiger charge is 2.24. The van der Waals surface area contributed by atoms with Gasteiger partial charge in [0.15, 0.2) is 5.82 Å². The summed E-state index contributed by atoms with van der Waals surface area (Å²) < 4.78 is 4.96. The minimum atomic E-state index is -0.397. The van der Waals surface area contributed by atoms with E-state index in [2.05, 4.69) is 15.8 Å². The fourth-order valence-corrected chi connectivity index (χ4v) is 3.82. The van der Waals surface area contributed by atoms with Gasteiger partial charge in [0, 0.05) is 12.6 Å². The fraction of sp³-hybridized carbons (Fsp3) is 0.450. The normalized spacial score (nSPS) is 14.4. The first-order valence-electron chi connectivity index (χ1n) is 9.65. The summed E-state index contributed by atoms with van der Waals surface area (Å²) in [6.07, 6.45) is 5.60.